The summed E-state index contributed by atoms with van der Waals surface area (Å²) in [4.78, 5) is 10.9. The van der Waals surface area contributed by atoms with Gasteiger partial charge in [0.1, 0.15) is 0 Å². The number of hydrogen-bond acceptors (Lipinski definition) is 4. The van der Waals surface area contributed by atoms with Gasteiger partial charge in [-0.15, -0.1) is 6.58 Å². The quantitative estimate of drug-likeness (QED) is 0.517. The Hall–Kier alpha value is -1.03. The topological polar surface area (TPSA) is 44.8 Å². The van der Waals surface area contributed by atoms with Crippen molar-refractivity contribution < 1.29 is 19.0 Å². The molecule has 2 atom stereocenters. The zero-order chi connectivity index (χ0) is 10.6. The van der Waals surface area contributed by atoms with Gasteiger partial charge >= 0.3 is 6.16 Å². The molecule has 0 spiro atoms. The van der Waals surface area contributed by atoms with Gasteiger partial charge in [-0.1, -0.05) is 6.08 Å². The molecule has 0 saturated carbocycles. The molecule has 0 radical (unpaired) electrons. The SMILES string of the molecule is C=CC1(C)CCC(OC(=O)OCC)O1. The molecular weight excluding hydrogens is 184 g/mol. The zero-order valence-electron chi connectivity index (χ0n) is 8.62. The van der Waals surface area contributed by atoms with Crippen molar-refractivity contribution in [2.24, 2.45) is 0 Å². The first-order valence-corrected chi connectivity index (χ1v) is 4.74. The predicted molar refractivity (Wildman–Crippen MR) is 50.8 cm³/mol. The third kappa shape index (κ3) is 2.73. The van der Waals surface area contributed by atoms with E-state index in [-0.39, 0.29) is 5.60 Å². The van der Waals surface area contributed by atoms with Gasteiger partial charge in [0.25, 0.3) is 0 Å². The molecular formula is C10H16O4. The lowest BCUT2D eigenvalue weighted by atomic mass is 10.0. The molecule has 0 amide bonds. The first-order chi connectivity index (χ1) is 6.59. The Bertz CT molecular complexity index is 226. The second-order valence-electron chi connectivity index (χ2n) is 3.40. The fraction of sp³-hybridized carbons (Fsp3) is 0.700. The van der Waals surface area contributed by atoms with Crippen LogP contribution in [-0.2, 0) is 14.2 Å². The van der Waals surface area contributed by atoms with E-state index in [0.29, 0.717) is 13.0 Å². The van der Waals surface area contributed by atoms with Crippen LogP contribution in [0.5, 0.6) is 0 Å². The average molecular weight is 200 g/mol. The van der Waals surface area contributed by atoms with Gasteiger partial charge in [-0.3, -0.25) is 0 Å². The third-order valence-electron chi connectivity index (χ3n) is 2.20. The van der Waals surface area contributed by atoms with Gasteiger partial charge in [-0.05, 0) is 20.3 Å². The molecule has 0 N–H and O–H groups in total. The lowest BCUT2D eigenvalue weighted by molar-refractivity contribution is -0.130. The maximum absolute atomic E-state index is 10.9. The van der Waals surface area contributed by atoms with Crippen molar-refractivity contribution in [3.05, 3.63) is 12.7 Å². The summed E-state index contributed by atoms with van der Waals surface area (Å²) in [6, 6.07) is 0. The minimum absolute atomic E-state index is 0.310. The van der Waals surface area contributed by atoms with E-state index in [9.17, 15) is 4.79 Å². The molecule has 80 valence electrons. The van der Waals surface area contributed by atoms with E-state index in [1.165, 1.54) is 0 Å². The van der Waals surface area contributed by atoms with E-state index in [2.05, 4.69) is 11.3 Å². The van der Waals surface area contributed by atoms with Gasteiger partial charge in [0, 0.05) is 6.42 Å². The maximum atomic E-state index is 10.9. The molecule has 4 nitrogen and oxygen atoms in total. The maximum Gasteiger partial charge on any atom is 0.510 e. The fourth-order valence-corrected chi connectivity index (χ4v) is 1.31. The van der Waals surface area contributed by atoms with Crippen LogP contribution in [0, 0.1) is 0 Å². The lowest BCUT2D eigenvalue weighted by Gasteiger charge is -2.19. The van der Waals surface area contributed by atoms with Crippen molar-refractivity contribution in [1.29, 1.82) is 0 Å². The van der Waals surface area contributed by atoms with Gasteiger partial charge in [0.05, 0.1) is 12.2 Å². The summed E-state index contributed by atoms with van der Waals surface area (Å²) in [5.41, 5.74) is -0.378. The number of ether oxygens (including phenoxy) is 3. The van der Waals surface area contributed by atoms with E-state index in [4.69, 9.17) is 9.47 Å². The van der Waals surface area contributed by atoms with Gasteiger partial charge in [-0.2, -0.15) is 0 Å². The highest BCUT2D eigenvalue weighted by Crippen LogP contribution is 2.31. The van der Waals surface area contributed by atoms with Gasteiger partial charge in [0.2, 0.25) is 6.29 Å². The summed E-state index contributed by atoms with van der Waals surface area (Å²) in [5, 5.41) is 0. The molecule has 14 heavy (non-hydrogen) atoms. The molecule has 0 aromatic rings. The van der Waals surface area contributed by atoms with Crippen LogP contribution in [0.3, 0.4) is 0 Å². The lowest BCUT2D eigenvalue weighted by Crippen LogP contribution is -2.24. The summed E-state index contributed by atoms with van der Waals surface area (Å²) in [6.07, 6.45) is 2.03. The Morgan fingerprint density at radius 1 is 1.79 bits per heavy atom. The van der Waals surface area contributed by atoms with E-state index in [0.717, 1.165) is 6.42 Å². The summed E-state index contributed by atoms with van der Waals surface area (Å²) >= 11 is 0. The van der Waals surface area contributed by atoms with E-state index < -0.39 is 12.4 Å². The molecule has 1 aliphatic rings. The van der Waals surface area contributed by atoms with E-state index >= 15 is 0 Å². The smallest absolute Gasteiger partial charge is 0.435 e. The summed E-state index contributed by atoms with van der Waals surface area (Å²) in [5.74, 6) is 0. The van der Waals surface area contributed by atoms with Gasteiger partial charge in [-0.25, -0.2) is 4.79 Å². The Morgan fingerprint density at radius 2 is 2.50 bits per heavy atom. The molecule has 2 unspecified atom stereocenters. The largest absolute Gasteiger partial charge is 0.510 e. The molecule has 1 aliphatic heterocycles. The second-order valence-corrected chi connectivity index (χ2v) is 3.40. The molecule has 0 aromatic carbocycles. The highest BCUT2D eigenvalue weighted by molar-refractivity contribution is 5.59. The van der Waals surface area contributed by atoms with E-state index in [1.54, 1.807) is 13.0 Å². The number of hydrogen-bond donors (Lipinski definition) is 0. The minimum atomic E-state index is -0.675. The van der Waals surface area contributed by atoms with Crippen LogP contribution in [0.4, 0.5) is 4.79 Å². The molecule has 0 aromatic heterocycles. The molecule has 1 fully saturated rings. The minimum Gasteiger partial charge on any atom is -0.435 e. The van der Waals surface area contributed by atoms with Crippen LogP contribution in [0.1, 0.15) is 26.7 Å². The predicted octanol–water partition coefficient (Wildman–Crippen LogP) is 2.24. The number of carbonyl (C=O) groups is 1. The monoisotopic (exact) mass is 200 g/mol. The average Bonchev–Trinajstić information content (AvgIpc) is 2.49. The number of carbonyl (C=O) groups excluding carboxylic acids is 1. The highest BCUT2D eigenvalue weighted by atomic mass is 16.8. The van der Waals surface area contributed by atoms with Crippen molar-refractivity contribution in [1.82, 2.24) is 0 Å². The highest BCUT2D eigenvalue weighted by Gasteiger charge is 2.35. The van der Waals surface area contributed by atoms with Crippen LogP contribution >= 0.6 is 0 Å². The van der Waals surface area contributed by atoms with Crippen molar-refractivity contribution >= 4 is 6.16 Å². The number of rotatable bonds is 3. The molecule has 1 heterocycles. The van der Waals surface area contributed by atoms with E-state index in [1.807, 2.05) is 6.92 Å². The van der Waals surface area contributed by atoms with Crippen molar-refractivity contribution in [2.45, 2.75) is 38.6 Å². The standard InChI is InChI=1S/C10H16O4/c1-4-10(3)7-6-8(14-10)13-9(11)12-5-2/h4,8H,1,5-7H2,2-3H3. The van der Waals surface area contributed by atoms with Crippen molar-refractivity contribution in [3.8, 4) is 0 Å². The third-order valence-corrected chi connectivity index (χ3v) is 2.20. The molecule has 0 aliphatic carbocycles. The second kappa shape index (κ2) is 4.46. The van der Waals surface area contributed by atoms with Gasteiger partial charge in [0.15, 0.2) is 0 Å². The Kier molecular flexibility index (Phi) is 3.52. The Morgan fingerprint density at radius 3 is 3.00 bits per heavy atom. The van der Waals surface area contributed by atoms with Crippen molar-refractivity contribution in [3.63, 3.8) is 0 Å². The molecule has 1 rings (SSSR count). The Balaban J connectivity index is 2.36. The molecule has 1 saturated heterocycles. The fourth-order valence-electron chi connectivity index (χ4n) is 1.31. The van der Waals surface area contributed by atoms with Gasteiger partial charge < -0.3 is 14.2 Å². The molecule has 4 heteroatoms. The summed E-state index contributed by atoms with van der Waals surface area (Å²) < 4.78 is 15.0. The normalized spacial score (nSPS) is 31.1. The van der Waals surface area contributed by atoms with Crippen molar-refractivity contribution in [2.75, 3.05) is 6.61 Å². The molecule has 0 bridgehead atoms. The zero-order valence-corrected chi connectivity index (χ0v) is 8.62. The Labute approximate surface area is 83.8 Å². The van der Waals surface area contributed by atoms with Crippen LogP contribution < -0.4 is 0 Å². The summed E-state index contributed by atoms with van der Waals surface area (Å²) in [7, 11) is 0. The first-order valence-electron chi connectivity index (χ1n) is 4.74. The van der Waals surface area contributed by atoms with Crippen LogP contribution in [0.2, 0.25) is 0 Å². The van der Waals surface area contributed by atoms with Crippen LogP contribution in [0.25, 0.3) is 0 Å². The van der Waals surface area contributed by atoms with Crippen LogP contribution in [-0.4, -0.2) is 24.7 Å². The van der Waals surface area contributed by atoms with Crippen LogP contribution in [0.15, 0.2) is 12.7 Å². The summed E-state index contributed by atoms with van der Waals surface area (Å²) in [6.45, 7) is 7.62. The first kappa shape index (κ1) is 11.0.